The third-order valence-corrected chi connectivity index (χ3v) is 4.63. The lowest BCUT2D eigenvalue weighted by molar-refractivity contribution is -0.385. The Hall–Kier alpha value is -3.02. The number of nitrogens with zero attached hydrogens (tertiary/aromatic N) is 3. The van der Waals surface area contributed by atoms with E-state index in [4.69, 9.17) is 0 Å². The first kappa shape index (κ1) is 14.6. The maximum atomic E-state index is 12.4. The van der Waals surface area contributed by atoms with E-state index in [-0.39, 0.29) is 23.6 Å². The number of rotatable bonds is 3. The molecule has 0 N–H and O–H groups in total. The van der Waals surface area contributed by atoms with E-state index in [1.54, 1.807) is 6.07 Å². The van der Waals surface area contributed by atoms with Gasteiger partial charge in [0.2, 0.25) is 0 Å². The highest BCUT2D eigenvalue weighted by molar-refractivity contribution is 5.96. The molecule has 2 bridgehead atoms. The van der Waals surface area contributed by atoms with Gasteiger partial charge < -0.3 is 4.90 Å². The SMILES string of the molecule is O=C1CC2C=C(c3ccccc3)CC1N2c1ccc([N+](=O)[O-])cn1. The summed E-state index contributed by atoms with van der Waals surface area (Å²) in [7, 11) is 0. The normalized spacial score (nSPS) is 22.4. The number of fused-ring (bicyclic) bond motifs is 2. The summed E-state index contributed by atoms with van der Waals surface area (Å²) in [6.07, 6.45) is 4.47. The molecule has 0 aliphatic carbocycles. The third-order valence-electron chi connectivity index (χ3n) is 4.63. The Labute approximate surface area is 138 Å². The van der Waals surface area contributed by atoms with Crippen LogP contribution in [0.5, 0.6) is 0 Å². The molecular weight excluding hydrogens is 306 g/mol. The number of nitro groups is 1. The minimum Gasteiger partial charge on any atom is -0.339 e. The molecule has 1 saturated heterocycles. The lowest BCUT2D eigenvalue weighted by atomic mass is 9.94. The molecule has 1 aromatic heterocycles. The fraction of sp³-hybridized carbons (Fsp3) is 0.222. The highest BCUT2D eigenvalue weighted by Gasteiger charge is 2.43. The number of aromatic nitrogens is 1. The maximum Gasteiger partial charge on any atom is 0.287 e. The first-order valence-electron chi connectivity index (χ1n) is 7.81. The van der Waals surface area contributed by atoms with Gasteiger partial charge in [-0.1, -0.05) is 36.4 Å². The molecule has 4 rings (SSSR count). The molecule has 0 amide bonds. The second-order valence-corrected chi connectivity index (χ2v) is 6.05. The number of hydrogen-bond acceptors (Lipinski definition) is 5. The Bertz CT molecular complexity index is 830. The van der Waals surface area contributed by atoms with Crippen LogP contribution in [0.2, 0.25) is 0 Å². The zero-order valence-corrected chi connectivity index (χ0v) is 12.8. The van der Waals surface area contributed by atoms with Gasteiger partial charge >= 0.3 is 0 Å². The molecule has 2 unspecified atom stereocenters. The van der Waals surface area contributed by atoms with Crippen molar-refractivity contribution in [3.8, 4) is 0 Å². The van der Waals surface area contributed by atoms with Crippen LogP contribution in [0.1, 0.15) is 18.4 Å². The van der Waals surface area contributed by atoms with Crippen LogP contribution in [-0.4, -0.2) is 27.8 Å². The van der Waals surface area contributed by atoms with Gasteiger partial charge in [0.15, 0.2) is 5.78 Å². The average Bonchev–Trinajstić information content (AvgIpc) is 2.80. The Morgan fingerprint density at radius 2 is 1.92 bits per heavy atom. The van der Waals surface area contributed by atoms with Gasteiger partial charge in [0.25, 0.3) is 5.69 Å². The second-order valence-electron chi connectivity index (χ2n) is 6.05. The minimum absolute atomic E-state index is 0.0413. The fourth-order valence-corrected chi connectivity index (χ4v) is 3.52. The van der Waals surface area contributed by atoms with E-state index in [0.717, 1.165) is 5.56 Å². The minimum atomic E-state index is -0.472. The van der Waals surface area contributed by atoms with Gasteiger partial charge in [-0.15, -0.1) is 0 Å². The Kier molecular flexibility index (Phi) is 3.37. The lowest BCUT2D eigenvalue weighted by Crippen LogP contribution is -2.40. The highest BCUT2D eigenvalue weighted by Crippen LogP contribution is 2.39. The smallest absolute Gasteiger partial charge is 0.287 e. The molecule has 0 spiro atoms. The van der Waals surface area contributed by atoms with Crippen molar-refractivity contribution in [1.82, 2.24) is 4.98 Å². The Morgan fingerprint density at radius 1 is 1.12 bits per heavy atom. The van der Waals surface area contributed by atoms with Crippen LogP contribution in [0.25, 0.3) is 5.57 Å². The van der Waals surface area contributed by atoms with Gasteiger partial charge in [-0.2, -0.15) is 0 Å². The predicted molar refractivity (Wildman–Crippen MR) is 89.6 cm³/mol. The third kappa shape index (κ3) is 2.36. The van der Waals surface area contributed by atoms with Crippen LogP contribution in [0, 0.1) is 10.1 Å². The second kappa shape index (κ2) is 5.56. The standard InChI is InChI=1S/C18H15N3O3/c22-17-10-15-8-13(12-4-2-1-3-5-12)9-16(17)20(15)18-7-6-14(11-19-18)21(23)24/h1-8,11,15-16H,9-10H2. The van der Waals surface area contributed by atoms with Crippen molar-refractivity contribution in [2.24, 2.45) is 0 Å². The molecule has 24 heavy (non-hydrogen) atoms. The zero-order chi connectivity index (χ0) is 16.7. The summed E-state index contributed by atoms with van der Waals surface area (Å²) in [5, 5.41) is 10.8. The number of pyridine rings is 1. The summed E-state index contributed by atoms with van der Waals surface area (Å²) in [4.78, 5) is 28.9. The van der Waals surface area contributed by atoms with Crippen molar-refractivity contribution in [2.75, 3.05) is 4.90 Å². The summed E-state index contributed by atoms with van der Waals surface area (Å²) >= 11 is 0. The van der Waals surface area contributed by atoms with Crippen LogP contribution in [-0.2, 0) is 4.79 Å². The summed E-state index contributed by atoms with van der Waals surface area (Å²) in [6.45, 7) is 0. The van der Waals surface area contributed by atoms with E-state index in [1.165, 1.54) is 17.8 Å². The monoisotopic (exact) mass is 321 g/mol. The van der Waals surface area contributed by atoms with Crippen molar-refractivity contribution in [3.63, 3.8) is 0 Å². The Balaban J connectivity index is 1.67. The number of carbonyl (C=O) groups excluding carboxylic acids is 1. The fourth-order valence-electron chi connectivity index (χ4n) is 3.52. The molecule has 2 atom stereocenters. The van der Waals surface area contributed by atoms with E-state index < -0.39 is 4.92 Å². The van der Waals surface area contributed by atoms with E-state index in [1.807, 2.05) is 23.1 Å². The molecule has 6 heteroatoms. The van der Waals surface area contributed by atoms with Crippen molar-refractivity contribution >= 4 is 22.9 Å². The molecule has 3 heterocycles. The quantitative estimate of drug-likeness (QED) is 0.641. The molecule has 1 aromatic carbocycles. The highest BCUT2D eigenvalue weighted by atomic mass is 16.6. The summed E-state index contributed by atoms with van der Waals surface area (Å²) < 4.78 is 0. The Morgan fingerprint density at radius 3 is 2.54 bits per heavy atom. The summed E-state index contributed by atoms with van der Waals surface area (Å²) in [5.74, 6) is 0.812. The van der Waals surface area contributed by atoms with Gasteiger partial charge in [-0.05, 0) is 17.2 Å². The van der Waals surface area contributed by atoms with Crippen molar-refractivity contribution in [1.29, 1.82) is 0 Å². The molecule has 2 aliphatic rings. The van der Waals surface area contributed by atoms with Crippen LogP contribution >= 0.6 is 0 Å². The maximum absolute atomic E-state index is 12.4. The van der Waals surface area contributed by atoms with Crippen LogP contribution < -0.4 is 4.90 Å². The van der Waals surface area contributed by atoms with Crippen LogP contribution in [0.15, 0.2) is 54.7 Å². The topological polar surface area (TPSA) is 76.3 Å². The number of benzene rings is 1. The summed E-state index contributed by atoms with van der Waals surface area (Å²) in [6, 6.07) is 12.8. The van der Waals surface area contributed by atoms with Gasteiger partial charge in [-0.25, -0.2) is 4.98 Å². The van der Waals surface area contributed by atoms with Gasteiger partial charge in [-0.3, -0.25) is 14.9 Å². The largest absolute Gasteiger partial charge is 0.339 e. The lowest BCUT2D eigenvalue weighted by Gasteiger charge is -2.33. The number of anilines is 1. The molecule has 0 radical (unpaired) electrons. The van der Waals surface area contributed by atoms with E-state index in [9.17, 15) is 14.9 Å². The van der Waals surface area contributed by atoms with Gasteiger partial charge in [0.1, 0.15) is 12.0 Å². The summed E-state index contributed by atoms with van der Waals surface area (Å²) in [5.41, 5.74) is 2.27. The number of Topliss-reactive ketones (excluding diaryl/α,β-unsaturated/α-hetero) is 1. The first-order chi connectivity index (χ1) is 11.6. The van der Waals surface area contributed by atoms with E-state index >= 15 is 0 Å². The molecule has 6 nitrogen and oxygen atoms in total. The van der Waals surface area contributed by atoms with Gasteiger partial charge in [0, 0.05) is 18.9 Å². The molecule has 2 aromatic rings. The van der Waals surface area contributed by atoms with Crippen molar-refractivity contribution < 1.29 is 9.72 Å². The molecule has 2 aliphatic heterocycles. The zero-order valence-electron chi connectivity index (χ0n) is 12.8. The van der Waals surface area contributed by atoms with Crippen molar-refractivity contribution in [2.45, 2.75) is 24.9 Å². The molecule has 1 fully saturated rings. The van der Waals surface area contributed by atoms with Crippen LogP contribution in [0.4, 0.5) is 11.5 Å². The number of ketones is 1. The van der Waals surface area contributed by atoms with E-state index in [0.29, 0.717) is 18.7 Å². The molecular formula is C18H15N3O3. The van der Waals surface area contributed by atoms with E-state index in [2.05, 4.69) is 23.2 Å². The number of carbonyl (C=O) groups is 1. The van der Waals surface area contributed by atoms with Crippen LogP contribution in [0.3, 0.4) is 0 Å². The number of hydrogen-bond donors (Lipinski definition) is 0. The first-order valence-corrected chi connectivity index (χ1v) is 7.81. The average molecular weight is 321 g/mol. The van der Waals surface area contributed by atoms with Gasteiger partial charge in [0.05, 0.1) is 17.0 Å². The molecule has 120 valence electrons. The predicted octanol–water partition coefficient (Wildman–Crippen LogP) is 2.99. The molecule has 0 saturated carbocycles. The van der Waals surface area contributed by atoms with Crippen molar-refractivity contribution in [3.05, 3.63) is 70.4 Å².